The van der Waals surface area contributed by atoms with Gasteiger partial charge in [0, 0.05) is 0 Å². The van der Waals surface area contributed by atoms with Crippen LogP contribution in [0.1, 0.15) is 13.8 Å². The Morgan fingerprint density at radius 3 is 1.86 bits per heavy atom. The zero-order valence-electron chi connectivity index (χ0n) is 4.85. The van der Waals surface area contributed by atoms with E-state index >= 15 is 0 Å². The van der Waals surface area contributed by atoms with Crippen LogP contribution in [0.2, 0.25) is 0 Å². The van der Waals surface area contributed by atoms with Crippen LogP contribution in [0.5, 0.6) is 0 Å². The molecule has 0 saturated heterocycles. The molecule has 0 aliphatic carbocycles. The van der Waals surface area contributed by atoms with Gasteiger partial charge < -0.3 is 0 Å². The molecule has 0 amide bonds. The Balaban J connectivity index is 3.16. The third-order valence-electron chi connectivity index (χ3n) is 0.961. The summed E-state index contributed by atoms with van der Waals surface area (Å²) in [5.74, 6) is 0. The van der Waals surface area contributed by atoms with Crippen molar-refractivity contribution in [3.05, 3.63) is 0 Å². The predicted octanol–water partition coefficient (Wildman–Crippen LogP) is 0.256. The van der Waals surface area contributed by atoms with Gasteiger partial charge in [0.25, 0.3) is 0 Å². The van der Waals surface area contributed by atoms with Gasteiger partial charge in [0.05, 0.1) is 0 Å². The summed E-state index contributed by atoms with van der Waals surface area (Å²) in [6.07, 6.45) is 0. The second-order valence-electron chi connectivity index (χ2n) is 1.33. The Hall–Kier alpha value is 0.189. The average Bonchev–Trinajstić information content (AvgIpc) is 1.72. The van der Waals surface area contributed by atoms with Gasteiger partial charge in [-0.3, -0.25) is 0 Å². The van der Waals surface area contributed by atoms with Crippen LogP contribution in [0.15, 0.2) is 0 Å². The summed E-state index contributed by atoms with van der Waals surface area (Å²) in [5, 5.41) is 1.99. The molecule has 0 aromatic heterocycles. The molecule has 1 nitrogen and oxygen atoms in total. The van der Waals surface area contributed by atoms with Crippen molar-refractivity contribution in [3.63, 3.8) is 0 Å². The van der Waals surface area contributed by atoms with E-state index in [1.807, 2.05) is 5.04 Å². The molecule has 2 heteroatoms. The van der Waals surface area contributed by atoms with Gasteiger partial charge in [0.1, 0.15) is 0 Å². The molecule has 42 valence electrons. The van der Waals surface area contributed by atoms with Gasteiger partial charge in [-0.2, -0.15) is 0 Å². The summed E-state index contributed by atoms with van der Waals surface area (Å²) >= 11 is 2.85. The summed E-state index contributed by atoms with van der Waals surface area (Å²) in [6.45, 7) is 6.47. The van der Waals surface area contributed by atoms with Crippen molar-refractivity contribution >= 4 is 20.6 Å². The van der Waals surface area contributed by atoms with Crippen LogP contribution in [0.4, 0.5) is 0 Å². The van der Waals surface area contributed by atoms with E-state index < -0.39 is 0 Å². The van der Waals surface area contributed by atoms with Crippen molar-refractivity contribution in [1.82, 2.24) is 4.90 Å². The molecule has 0 spiro atoms. The summed E-state index contributed by atoms with van der Waals surface area (Å²) in [7, 11) is 0. The number of nitrogens with zero attached hydrogens (tertiary/aromatic N) is 1. The van der Waals surface area contributed by atoms with Crippen LogP contribution in [0, 0.1) is 0 Å². The molecule has 0 radical (unpaired) electrons. The molecule has 0 heterocycles. The second-order valence-corrected chi connectivity index (χ2v) is 1.77. The van der Waals surface area contributed by atoms with E-state index in [1.165, 1.54) is 0 Å². The molecule has 0 fully saturated rings. The van der Waals surface area contributed by atoms with E-state index in [4.69, 9.17) is 0 Å². The van der Waals surface area contributed by atoms with Crippen LogP contribution in [-0.2, 0) is 0 Å². The maximum atomic E-state index is 2.85. The molecule has 0 aliphatic rings. The molecular formula is C5H11NSe. The van der Waals surface area contributed by atoms with Gasteiger partial charge in [0.2, 0.25) is 0 Å². The van der Waals surface area contributed by atoms with Crippen LogP contribution in [0.3, 0.4) is 0 Å². The minimum absolute atomic E-state index is 1.10. The molecule has 0 saturated carbocycles. The third kappa shape index (κ3) is 2.84. The van der Waals surface area contributed by atoms with E-state index in [2.05, 4.69) is 34.3 Å². The fraction of sp³-hybridized carbons (Fsp3) is 0.800. The van der Waals surface area contributed by atoms with E-state index in [9.17, 15) is 0 Å². The zero-order chi connectivity index (χ0) is 5.70. The van der Waals surface area contributed by atoms with Crippen LogP contribution >= 0.6 is 0 Å². The molecule has 0 atom stereocenters. The third-order valence-corrected chi connectivity index (χ3v) is 1.59. The van der Waals surface area contributed by atoms with Gasteiger partial charge in [-0.15, -0.1) is 0 Å². The first-order chi connectivity index (χ1) is 3.35. The quantitative estimate of drug-likeness (QED) is 0.541. The van der Waals surface area contributed by atoms with Gasteiger partial charge in [-0.25, -0.2) is 0 Å². The van der Waals surface area contributed by atoms with E-state index in [1.54, 1.807) is 0 Å². The normalized spacial score (nSPS) is 8.29. The van der Waals surface area contributed by atoms with Crippen molar-refractivity contribution < 1.29 is 0 Å². The molecule has 0 bridgehead atoms. The molecule has 0 rings (SSSR count). The van der Waals surface area contributed by atoms with Crippen LogP contribution in [-0.4, -0.2) is 38.6 Å². The fourth-order valence-corrected chi connectivity index (χ4v) is 0.998. The Kier molecular flexibility index (Phi) is 4.47. The topological polar surface area (TPSA) is 3.24 Å². The summed E-state index contributed by atoms with van der Waals surface area (Å²) < 4.78 is 0. The Bertz CT molecular complexity index is 50.0. The minimum atomic E-state index is 1.10. The van der Waals surface area contributed by atoms with Gasteiger partial charge >= 0.3 is 52.5 Å². The number of hydrogen-bond acceptors (Lipinski definition) is 1. The van der Waals surface area contributed by atoms with Gasteiger partial charge in [-0.05, 0) is 0 Å². The number of hydrogen-bond donors (Lipinski definition) is 0. The average molecular weight is 164 g/mol. The maximum absolute atomic E-state index is 2.85. The molecule has 0 unspecified atom stereocenters. The van der Waals surface area contributed by atoms with Gasteiger partial charge in [0.15, 0.2) is 0 Å². The first-order valence-corrected chi connectivity index (χ1v) is 3.53. The summed E-state index contributed by atoms with van der Waals surface area (Å²) in [6, 6.07) is 0. The summed E-state index contributed by atoms with van der Waals surface area (Å²) in [5.41, 5.74) is 0. The van der Waals surface area contributed by atoms with Crippen molar-refractivity contribution in [1.29, 1.82) is 0 Å². The molecule has 0 aliphatic heterocycles. The van der Waals surface area contributed by atoms with Crippen molar-refractivity contribution in [2.45, 2.75) is 13.8 Å². The van der Waals surface area contributed by atoms with E-state index in [0.717, 1.165) is 13.1 Å². The molecule has 0 aromatic rings. The Labute approximate surface area is 53.1 Å². The molecule has 7 heavy (non-hydrogen) atoms. The molecule has 0 N–H and O–H groups in total. The van der Waals surface area contributed by atoms with E-state index in [-0.39, 0.29) is 0 Å². The Morgan fingerprint density at radius 2 is 1.86 bits per heavy atom. The van der Waals surface area contributed by atoms with Crippen LogP contribution in [0.25, 0.3) is 0 Å². The molecular weight excluding hydrogens is 153 g/mol. The van der Waals surface area contributed by atoms with Crippen molar-refractivity contribution in [3.8, 4) is 0 Å². The first kappa shape index (κ1) is 7.19. The fourth-order valence-electron chi connectivity index (χ4n) is 0.373. The SMILES string of the molecule is CCN(C=[Se])CC. The van der Waals surface area contributed by atoms with Crippen LogP contribution < -0.4 is 0 Å². The predicted molar refractivity (Wildman–Crippen MR) is 34.7 cm³/mol. The number of rotatable bonds is 3. The van der Waals surface area contributed by atoms with Gasteiger partial charge in [-0.1, -0.05) is 0 Å². The van der Waals surface area contributed by atoms with Crippen molar-refractivity contribution in [2.75, 3.05) is 13.1 Å². The zero-order valence-corrected chi connectivity index (χ0v) is 6.56. The first-order valence-electron chi connectivity index (χ1n) is 2.54. The monoisotopic (exact) mass is 165 g/mol. The summed E-state index contributed by atoms with van der Waals surface area (Å²) in [4.78, 5) is 2.19. The van der Waals surface area contributed by atoms with Crippen molar-refractivity contribution in [2.24, 2.45) is 0 Å². The standard InChI is InChI=1S/C5H11NSe/c1-3-6(4-2)5-7/h5H,3-4H2,1-2H3. The molecule has 0 aromatic carbocycles. The Morgan fingerprint density at radius 1 is 1.43 bits per heavy atom. The second kappa shape index (κ2) is 4.35. The van der Waals surface area contributed by atoms with E-state index in [0.29, 0.717) is 0 Å².